The van der Waals surface area contributed by atoms with Gasteiger partial charge in [0.15, 0.2) is 6.10 Å². The van der Waals surface area contributed by atoms with Gasteiger partial charge in [0.1, 0.15) is 18.7 Å². The molecule has 2 aromatic rings. The molecule has 3 amide bonds. The first-order chi connectivity index (χ1) is 20.1. The Morgan fingerprint density at radius 3 is 2.52 bits per heavy atom. The summed E-state index contributed by atoms with van der Waals surface area (Å²) < 4.78 is 15.8. The molecule has 1 unspecified atom stereocenters. The van der Waals surface area contributed by atoms with E-state index in [4.69, 9.17) is 19.2 Å². The van der Waals surface area contributed by atoms with Gasteiger partial charge < -0.3 is 24.8 Å². The van der Waals surface area contributed by atoms with Crippen LogP contribution in [0.2, 0.25) is 0 Å². The molecule has 3 N–H and O–H groups in total. The number of cyclic esters (lactones) is 2. The Morgan fingerprint density at radius 2 is 1.74 bits per heavy atom. The van der Waals surface area contributed by atoms with Gasteiger partial charge in [-0.3, -0.25) is 24.4 Å². The topological polar surface area (TPSA) is 148 Å². The third-order valence-electron chi connectivity index (χ3n) is 7.10. The molecule has 4 rings (SSSR count). The van der Waals surface area contributed by atoms with Crippen molar-refractivity contribution in [2.45, 2.75) is 64.8 Å². The molecule has 12 nitrogen and oxygen atoms in total. The second kappa shape index (κ2) is 14.2. The largest absolute Gasteiger partial charge is 0.509 e. The number of hydrogen-bond acceptors (Lipinski definition) is 9. The van der Waals surface area contributed by atoms with E-state index in [9.17, 15) is 19.2 Å². The highest BCUT2D eigenvalue weighted by Crippen LogP contribution is 2.20. The average Bonchev–Trinajstić information content (AvgIpc) is 2.97. The Balaban J connectivity index is 1.53. The number of nitrogens with one attached hydrogen (secondary N) is 3. The molecule has 0 saturated carbocycles. The number of hydrogen-bond donors (Lipinski definition) is 3. The molecule has 42 heavy (non-hydrogen) atoms. The van der Waals surface area contributed by atoms with Crippen LogP contribution in [0, 0.1) is 5.92 Å². The standard InChI is InChI=1S/C30H39N5O7/c1-18(2)26-28(37)32-20(4)29(38)35-13-5-8-24(34-35)27(36)31-19(3)23-12-11-22-10-9-21(17-25(22)33-23)7-6-14-40-15-16-41-30(39)42-26/h6-7,9-12,17-20,24,26,34H,5,8,13-16H2,1-4H3,(H,31,36)(H,32,37)/b7-6+/t19?,20-,24-,26-/m0/s1. The van der Waals surface area contributed by atoms with Gasteiger partial charge in [0.05, 0.1) is 30.5 Å². The summed E-state index contributed by atoms with van der Waals surface area (Å²) in [6.45, 7) is 7.60. The zero-order valence-electron chi connectivity index (χ0n) is 24.4. The van der Waals surface area contributed by atoms with Gasteiger partial charge >= 0.3 is 6.16 Å². The van der Waals surface area contributed by atoms with Crippen LogP contribution in [0.5, 0.6) is 0 Å². The van der Waals surface area contributed by atoms with Crippen molar-refractivity contribution >= 4 is 40.9 Å². The average molecular weight is 582 g/mol. The maximum atomic E-state index is 13.2. The first-order valence-corrected chi connectivity index (χ1v) is 14.3. The van der Waals surface area contributed by atoms with Crippen molar-refractivity contribution in [2.24, 2.45) is 5.92 Å². The molecule has 5 bridgehead atoms. The summed E-state index contributed by atoms with van der Waals surface area (Å²) in [5.74, 6) is -1.67. The maximum Gasteiger partial charge on any atom is 0.509 e. The highest BCUT2D eigenvalue weighted by atomic mass is 16.7. The molecule has 12 heteroatoms. The lowest BCUT2D eigenvalue weighted by Crippen LogP contribution is -2.61. The van der Waals surface area contributed by atoms with E-state index in [1.807, 2.05) is 49.4 Å². The van der Waals surface area contributed by atoms with Crippen LogP contribution in [0.15, 0.2) is 36.4 Å². The molecule has 1 aromatic heterocycles. The van der Waals surface area contributed by atoms with Crippen LogP contribution in [0.1, 0.15) is 57.8 Å². The van der Waals surface area contributed by atoms with Gasteiger partial charge in [0.25, 0.3) is 11.8 Å². The number of aromatic nitrogens is 1. The Morgan fingerprint density at radius 1 is 0.976 bits per heavy atom. The number of ether oxygens (including phenoxy) is 3. The Kier molecular flexibility index (Phi) is 10.5. The quantitative estimate of drug-likeness (QED) is 0.432. The number of amides is 3. The first-order valence-electron chi connectivity index (χ1n) is 14.3. The predicted molar refractivity (Wildman–Crippen MR) is 155 cm³/mol. The van der Waals surface area contributed by atoms with E-state index in [2.05, 4.69) is 16.1 Å². The summed E-state index contributed by atoms with van der Waals surface area (Å²) in [7, 11) is 0. The summed E-state index contributed by atoms with van der Waals surface area (Å²) in [4.78, 5) is 56.3. The monoisotopic (exact) mass is 581 g/mol. The molecular weight excluding hydrogens is 542 g/mol. The highest BCUT2D eigenvalue weighted by Gasteiger charge is 2.34. The Labute approximate surface area is 245 Å². The number of hydrazine groups is 1. The van der Waals surface area contributed by atoms with Gasteiger partial charge in [-0.2, -0.15) is 0 Å². The minimum atomic E-state index is -1.16. The number of fused-ring (bicyclic) bond motifs is 4. The lowest BCUT2D eigenvalue weighted by molar-refractivity contribution is -0.145. The number of rotatable bonds is 1. The van der Waals surface area contributed by atoms with Crippen LogP contribution in [-0.2, 0) is 28.6 Å². The molecular formula is C30H39N5O7. The van der Waals surface area contributed by atoms with Gasteiger partial charge in [0.2, 0.25) is 5.91 Å². The van der Waals surface area contributed by atoms with E-state index in [0.29, 0.717) is 31.7 Å². The molecule has 3 heterocycles. The number of carbonyl (C=O) groups excluding carboxylic acids is 4. The van der Waals surface area contributed by atoms with E-state index >= 15 is 0 Å². The fourth-order valence-electron chi connectivity index (χ4n) is 4.76. The van der Waals surface area contributed by atoms with Crippen molar-refractivity contribution in [3.05, 3.63) is 47.7 Å². The Hall–Kier alpha value is -4.03. The zero-order chi connectivity index (χ0) is 30.2. The van der Waals surface area contributed by atoms with Crippen molar-refractivity contribution in [1.82, 2.24) is 26.1 Å². The van der Waals surface area contributed by atoms with Crippen LogP contribution in [-0.4, -0.2) is 78.4 Å². The molecule has 226 valence electrons. The molecule has 1 saturated heterocycles. The van der Waals surface area contributed by atoms with Crippen molar-refractivity contribution in [3.63, 3.8) is 0 Å². The molecule has 4 atom stereocenters. The molecule has 0 aliphatic carbocycles. The molecule has 0 spiro atoms. The normalized spacial score (nSPS) is 26.2. The van der Waals surface area contributed by atoms with Crippen molar-refractivity contribution in [3.8, 4) is 0 Å². The zero-order valence-corrected chi connectivity index (χ0v) is 24.4. The second-order valence-corrected chi connectivity index (χ2v) is 10.8. The summed E-state index contributed by atoms with van der Waals surface area (Å²) in [6, 6.07) is 7.82. The van der Waals surface area contributed by atoms with Gasteiger partial charge in [-0.05, 0) is 50.3 Å². The molecule has 0 radical (unpaired) electrons. The van der Waals surface area contributed by atoms with Crippen LogP contribution in [0.3, 0.4) is 0 Å². The van der Waals surface area contributed by atoms with Crippen molar-refractivity contribution < 1.29 is 33.4 Å². The minimum absolute atomic E-state index is 0.0522. The van der Waals surface area contributed by atoms with Crippen LogP contribution >= 0.6 is 0 Å². The summed E-state index contributed by atoms with van der Waals surface area (Å²) >= 11 is 0. The fraction of sp³-hybridized carbons (Fsp3) is 0.500. The van der Waals surface area contributed by atoms with Crippen LogP contribution < -0.4 is 16.1 Å². The van der Waals surface area contributed by atoms with E-state index < -0.39 is 36.2 Å². The van der Waals surface area contributed by atoms with Crippen molar-refractivity contribution in [2.75, 3.05) is 26.4 Å². The van der Waals surface area contributed by atoms with Gasteiger partial charge in [-0.1, -0.05) is 44.2 Å². The third-order valence-corrected chi connectivity index (χ3v) is 7.10. The number of nitrogens with zero attached hydrogens (tertiary/aromatic N) is 2. The first kappa shape index (κ1) is 30.9. The van der Waals surface area contributed by atoms with Crippen LogP contribution in [0.25, 0.3) is 17.0 Å². The molecule has 1 fully saturated rings. The van der Waals surface area contributed by atoms with Gasteiger partial charge in [-0.15, -0.1) is 0 Å². The van der Waals surface area contributed by atoms with Crippen molar-refractivity contribution in [1.29, 1.82) is 0 Å². The number of benzene rings is 1. The van der Waals surface area contributed by atoms with E-state index in [-0.39, 0.29) is 31.1 Å². The van der Waals surface area contributed by atoms with Crippen LogP contribution in [0.4, 0.5) is 4.79 Å². The third kappa shape index (κ3) is 8.04. The minimum Gasteiger partial charge on any atom is -0.432 e. The van der Waals surface area contributed by atoms with E-state index in [1.165, 1.54) is 5.01 Å². The SMILES string of the molecule is CC1NC(=O)[C@@H]2CCCN(N2)C(=O)[C@H](C)NC(=O)[C@H](C(C)C)OC(=O)OCCOC/C=C/c2ccc3ccc1nc3c2. The highest BCUT2D eigenvalue weighted by molar-refractivity contribution is 5.90. The van der Waals surface area contributed by atoms with E-state index in [1.54, 1.807) is 20.8 Å². The number of pyridine rings is 1. The predicted octanol–water partition coefficient (Wildman–Crippen LogP) is 2.63. The maximum absolute atomic E-state index is 13.2. The van der Waals surface area contributed by atoms with E-state index in [0.717, 1.165) is 16.5 Å². The molecule has 2 aliphatic heterocycles. The van der Waals surface area contributed by atoms with Gasteiger partial charge in [0, 0.05) is 11.9 Å². The molecule has 1 aromatic carbocycles. The fourth-order valence-corrected chi connectivity index (χ4v) is 4.76. The lowest BCUT2D eigenvalue weighted by Gasteiger charge is -2.35. The lowest BCUT2D eigenvalue weighted by atomic mass is 10.1. The second-order valence-electron chi connectivity index (χ2n) is 10.8. The smallest absolute Gasteiger partial charge is 0.432 e. The summed E-state index contributed by atoms with van der Waals surface area (Å²) in [5.41, 5.74) is 5.44. The van der Waals surface area contributed by atoms with Gasteiger partial charge in [-0.25, -0.2) is 10.2 Å². The number of carbonyl (C=O) groups is 4. The Bertz CT molecular complexity index is 1330. The summed E-state index contributed by atoms with van der Waals surface area (Å²) in [6.07, 6.45) is 2.73. The summed E-state index contributed by atoms with van der Waals surface area (Å²) in [5, 5.41) is 7.95. The molecule has 2 aliphatic rings.